The molecule has 1 amide bonds. The molecule has 0 saturated carbocycles. The van der Waals surface area contributed by atoms with Gasteiger partial charge in [0.25, 0.3) is 5.91 Å². The molecule has 0 aliphatic rings. The minimum Gasteiger partial charge on any atom is -0.346 e. The average Bonchev–Trinajstić information content (AvgIpc) is 2.36. The predicted molar refractivity (Wildman–Crippen MR) is 69.6 cm³/mol. The highest BCUT2D eigenvalue weighted by Crippen LogP contribution is 2.20. The molecule has 1 aromatic rings. The van der Waals surface area contributed by atoms with Crippen molar-refractivity contribution in [3.63, 3.8) is 0 Å². The second kappa shape index (κ2) is 6.56. The summed E-state index contributed by atoms with van der Waals surface area (Å²) in [7, 11) is 3.17. The molecule has 0 radical (unpaired) electrons. The monoisotopic (exact) mass is 290 g/mol. The van der Waals surface area contributed by atoms with Gasteiger partial charge < -0.3 is 15.5 Å². The molecular weight excluding hydrogens is 273 g/mol. The highest BCUT2D eigenvalue weighted by Gasteiger charge is 2.31. The zero-order valence-corrected chi connectivity index (χ0v) is 11.3. The smallest absolute Gasteiger partial charge is 0.346 e. The van der Waals surface area contributed by atoms with Gasteiger partial charge in [0, 0.05) is 33.4 Å². The van der Waals surface area contributed by atoms with E-state index in [2.05, 4.69) is 4.98 Å². The first-order chi connectivity index (χ1) is 9.24. The second-order valence-electron chi connectivity index (χ2n) is 4.43. The van der Waals surface area contributed by atoms with Crippen LogP contribution in [0.15, 0.2) is 18.3 Å². The molecule has 0 atom stereocenters. The van der Waals surface area contributed by atoms with Crippen molar-refractivity contribution in [3.05, 3.63) is 23.9 Å². The van der Waals surface area contributed by atoms with Crippen LogP contribution < -0.4 is 10.6 Å². The third-order valence-electron chi connectivity index (χ3n) is 2.49. The molecule has 2 N–H and O–H groups in total. The minimum atomic E-state index is -4.34. The first-order valence-electron chi connectivity index (χ1n) is 5.94. The highest BCUT2D eigenvalue weighted by atomic mass is 19.4. The molecule has 8 heteroatoms. The number of halogens is 3. The van der Waals surface area contributed by atoms with E-state index in [9.17, 15) is 18.0 Å². The average molecular weight is 290 g/mol. The molecule has 1 rings (SSSR count). The fourth-order valence-electron chi connectivity index (χ4n) is 1.60. The molecule has 0 unspecified atom stereocenters. The van der Waals surface area contributed by atoms with Crippen molar-refractivity contribution in [2.75, 3.05) is 38.6 Å². The molecule has 0 aliphatic heterocycles. The van der Waals surface area contributed by atoms with Gasteiger partial charge in [0.1, 0.15) is 12.4 Å². The highest BCUT2D eigenvalue weighted by molar-refractivity contribution is 5.93. The summed E-state index contributed by atoms with van der Waals surface area (Å²) in [5, 5.41) is 0. The maximum atomic E-state index is 12.5. The quantitative estimate of drug-likeness (QED) is 0.882. The van der Waals surface area contributed by atoms with Crippen molar-refractivity contribution in [2.24, 2.45) is 5.73 Å². The summed E-state index contributed by atoms with van der Waals surface area (Å²) < 4.78 is 37.4. The number of carbonyl (C=O) groups excluding carboxylic acids is 1. The van der Waals surface area contributed by atoms with E-state index in [4.69, 9.17) is 5.73 Å². The Morgan fingerprint density at radius 3 is 2.40 bits per heavy atom. The SMILES string of the molecule is CN(C)C(=O)c1ccc(N(CCN)CC(F)(F)F)nc1. The van der Waals surface area contributed by atoms with Crippen LogP contribution in [-0.2, 0) is 0 Å². The van der Waals surface area contributed by atoms with Crippen molar-refractivity contribution in [1.29, 1.82) is 0 Å². The number of alkyl halides is 3. The molecule has 0 aliphatic carbocycles. The van der Waals surface area contributed by atoms with E-state index in [1.165, 1.54) is 23.2 Å². The van der Waals surface area contributed by atoms with Gasteiger partial charge in [-0.15, -0.1) is 0 Å². The van der Waals surface area contributed by atoms with Gasteiger partial charge in [0.05, 0.1) is 5.56 Å². The fourth-order valence-corrected chi connectivity index (χ4v) is 1.60. The van der Waals surface area contributed by atoms with Crippen LogP contribution in [0, 0.1) is 0 Å². The zero-order chi connectivity index (χ0) is 15.3. The minimum absolute atomic E-state index is 0.0352. The molecule has 20 heavy (non-hydrogen) atoms. The Labute approximate surface area is 115 Å². The Bertz CT molecular complexity index is 445. The molecular formula is C12H17F3N4O. The van der Waals surface area contributed by atoms with Crippen LogP contribution in [0.1, 0.15) is 10.4 Å². The Balaban J connectivity index is 2.90. The predicted octanol–water partition coefficient (Wildman–Crippen LogP) is 1.11. The number of nitrogens with two attached hydrogens (primary N) is 1. The number of nitrogens with zero attached hydrogens (tertiary/aromatic N) is 3. The van der Waals surface area contributed by atoms with E-state index in [-0.39, 0.29) is 24.8 Å². The molecule has 1 heterocycles. The van der Waals surface area contributed by atoms with E-state index in [1.807, 2.05) is 0 Å². The van der Waals surface area contributed by atoms with E-state index in [1.54, 1.807) is 14.1 Å². The van der Waals surface area contributed by atoms with Crippen LogP contribution in [0.25, 0.3) is 0 Å². The third kappa shape index (κ3) is 4.69. The van der Waals surface area contributed by atoms with Crippen molar-refractivity contribution in [2.45, 2.75) is 6.18 Å². The summed E-state index contributed by atoms with van der Waals surface area (Å²) in [6, 6.07) is 2.84. The summed E-state index contributed by atoms with van der Waals surface area (Å²) in [5.41, 5.74) is 5.62. The summed E-state index contributed by atoms with van der Waals surface area (Å²) in [5.74, 6) is -0.117. The number of rotatable bonds is 5. The molecule has 0 aromatic carbocycles. The van der Waals surface area contributed by atoms with E-state index < -0.39 is 12.7 Å². The lowest BCUT2D eigenvalue weighted by Gasteiger charge is -2.24. The fraction of sp³-hybridized carbons (Fsp3) is 0.500. The van der Waals surface area contributed by atoms with Gasteiger partial charge in [-0.1, -0.05) is 0 Å². The van der Waals surface area contributed by atoms with Crippen LogP contribution in [0.2, 0.25) is 0 Å². The van der Waals surface area contributed by atoms with E-state index >= 15 is 0 Å². The largest absolute Gasteiger partial charge is 0.405 e. The lowest BCUT2D eigenvalue weighted by molar-refractivity contribution is -0.119. The molecule has 0 saturated heterocycles. The number of carbonyl (C=O) groups is 1. The van der Waals surface area contributed by atoms with Gasteiger partial charge in [-0.2, -0.15) is 13.2 Å². The van der Waals surface area contributed by atoms with Crippen LogP contribution >= 0.6 is 0 Å². The molecule has 5 nitrogen and oxygen atoms in total. The Hall–Kier alpha value is -1.83. The van der Waals surface area contributed by atoms with Crippen molar-refractivity contribution in [1.82, 2.24) is 9.88 Å². The summed E-state index contributed by atoms with van der Waals surface area (Å²) in [6.45, 7) is -1.01. The number of aromatic nitrogens is 1. The normalized spacial score (nSPS) is 11.3. The lowest BCUT2D eigenvalue weighted by atomic mass is 10.2. The standard InChI is InChI=1S/C12H17F3N4O/c1-18(2)11(20)9-3-4-10(17-7-9)19(6-5-16)8-12(13,14)15/h3-4,7H,5-6,8,16H2,1-2H3. The summed E-state index contributed by atoms with van der Waals surface area (Å²) >= 11 is 0. The van der Waals surface area contributed by atoms with Crippen LogP contribution in [0.4, 0.5) is 19.0 Å². The van der Waals surface area contributed by atoms with Gasteiger partial charge in [0.15, 0.2) is 0 Å². The maximum absolute atomic E-state index is 12.5. The van der Waals surface area contributed by atoms with Crippen molar-refractivity contribution < 1.29 is 18.0 Å². The molecule has 0 fully saturated rings. The maximum Gasteiger partial charge on any atom is 0.405 e. The summed E-state index contributed by atoms with van der Waals surface area (Å²) in [6.07, 6.45) is -3.08. The van der Waals surface area contributed by atoms with Gasteiger partial charge in [0.2, 0.25) is 0 Å². The first kappa shape index (κ1) is 16.2. The zero-order valence-electron chi connectivity index (χ0n) is 11.3. The molecule has 0 bridgehead atoms. The van der Waals surface area contributed by atoms with Crippen LogP contribution in [0.3, 0.4) is 0 Å². The second-order valence-corrected chi connectivity index (χ2v) is 4.43. The number of anilines is 1. The van der Waals surface area contributed by atoms with Gasteiger partial charge in [-0.25, -0.2) is 4.98 Å². The Morgan fingerprint density at radius 2 is 2.00 bits per heavy atom. The number of pyridine rings is 1. The van der Waals surface area contributed by atoms with E-state index in [0.29, 0.717) is 5.56 Å². The third-order valence-corrected chi connectivity index (χ3v) is 2.49. The van der Waals surface area contributed by atoms with Gasteiger partial charge in [-0.05, 0) is 12.1 Å². The Morgan fingerprint density at radius 1 is 1.35 bits per heavy atom. The van der Waals surface area contributed by atoms with E-state index in [0.717, 1.165) is 4.90 Å². The molecule has 112 valence electrons. The number of hydrogen-bond acceptors (Lipinski definition) is 4. The number of amides is 1. The number of hydrogen-bond donors (Lipinski definition) is 1. The van der Waals surface area contributed by atoms with Crippen molar-refractivity contribution in [3.8, 4) is 0 Å². The van der Waals surface area contributed by atoms with Crippen LogP contribution in [-0.4, -0.2) is 55.7 Å². The van der Waals surface area contributed by atoms with Crippen LogP contribution in [0.5, 0.6) is 0 Å². The summed E-state index contributed by atoms with van der Waals surface area (Å²) in [4.78, 5) is 18.0. The first-order valence-corrected chi connectivity index (χ1v) is 5.94. The lowest BCUT2D eigenvalue weighted by Crippen LogP contribution is -2.38. The van der Waals surface area contributed by atoms with Gasteiger partial charge >= 0.3 is 6.18 Å². The van der Waals surface area contributed by atoms with Gasteiger partial charge in [-0.3, -0.25) is 4.79 Å². The molecule has 0 spiro atoms. The topological polar surface area (TPSA) is 62.5 Å². The van der Waals surface area contributed by atoms with Crippen molar-refractivity contribution >= 4 is 11.7 Å². The molecule has 1 aromatic heterocycles. The Kier molecular flexibility index (Phi) is 5.32.